The molecule has 0 bridgehead atoms. The Morgan fingerprint density at radius 2 is 1.48 bits per heavy atom. The van der Waals surface area contributed by atoms with E-state index in [4.69, 9.17) is 28.9 Å². The SMILES string of the molecule is Cc1c(N=C([O-])c2cc(Cl)nnc2Cl)c(C)c(S(=O)(=O)O)c(C)c1Nc1cc(S(=O)(=O)[O-])c(N)c2c1C(=O)c1ccccc1C2=O.[Na+].[Na+]. The van der Waals surface area contributed by atoms with Gasteiger partial charge in [0.1, 0.15) is 15.0 Å². The second-order valence-corrected chi connectivity index (χ2v) is 13.5. The van der Waals surface area contributed by atoms with Crippen molar-refractivity contribution in [1.29, 1.82) is 0 Å². The number of carbonyl (C=O) groups excluding carboxylic acids is 2. The topological polar surface area (TPSA) is 245 Å². The van der Waals surface area contributed by atoms with Gasteiger partial charge in [0, 0.05) is 22.4 Å². The Morgan fingerprint density at radius 3 is 2.02 bits per heavy atom. The quantitative estimate of drug-likeness (QED) is 0.0531. The van der Waals surface area contributed by atoms with Crippen LogP contribution < -0.4 is 75.3 Å². The zero-order valence-electron chi connectivity index (χ0n) is 25.7. The molecule has 238 valence electrons. The van der Waals surface area contributed by atoms with Crippen molar-refractivity contribution < 1.29 is 99.8 Å². The Bertz CT molecular complexity index is 2320. The van der Waals surface area contributed by atoms with Crippen LogP contribution in [0.15, 0.2) is 51.2 Å². The summed E-state index contributed by atoms with van der Waals surface area (Å²) in [5.41, 5.74) is 2.77. The fourth-order valence-electron chi connectivity index (χ4n) is 5.32. The van der Waals surface area contributed by atoms with Gasteiger partial charge in [0.2, 0.25) is 0 Å². The van der Waals surface area contributed by atoms with Crippen molar-refractivity contribution in [1.82, 2.24) is 10.2 Å². The molecular formula is C28H19Cl2N5Na2O9S2. The maximum Gasteiger partial charge on any atom is 1.00 e. The number of aromatic nitrogens is 2. The standard InChI is InChI=1S/C28H21Cl2N5O9S2.2Na/c1-10-22(11(2)26(46(42,43)44)12(3)23(10)33-28(38)15-8-18(29)34-35-27(15)30)32-16-9-17(45(39,40)41)21(31)20-19(16)24(36)13-6-4-5-7-14(13)25(20)37;;/h4-9,32H,31H2,1-3H3,(H,33,38)(H,39,40,41)(H,42,43,44);;/q;2*+1/p-2. The van der Waals surface area contributed by atoms with Gasteiger partial charge in [-0.2, -0.15) is 8.42 Å². The van der Waals surface area contributed by atoms with Gasteiger partial charge in [-0.3, -0.25) is 19.1 Å². The molecule has 0 amide bonds. The average Bonchev–Trinajstić information content (AvgIpc) is 2.96. The van der Waals surface area contributed by atoms with Crippen molar-refractivity contribution in [2.24, 2.45) is 4.99 Å². The molecule has 14 nitrogen and oxygen atoms in total. The first-order valence-electron chi connectivity index (χ1n) is 12.8. The normalized spacial score (nSPS) is 12.9. The van der Waals surface area contributed by atoms with Crippen LogP contribution in [0.1, 0.15) is 54.1 Å². The molecule has 0 unspecified atom stereocenters. The Kier molecular flexibility index (Phi) is 12.0. The number of anilines is 3. The van der Waals surface area contributed by atoms with Crippen LogP contribution in [0.4, 0.5) is 22.7 Å². The van der Waals surface area contributed by atoms with Crippen LogP contribution in [-0.4, -0.2) is 53.6 Å². The predicted octanol–water partition coefficient (Wildman–Crippen LogP) is -2.59. The van der Waals surface area contributed by atoms with Crippen LogP contribution in [0.2, 0.25) is 10.3 Å². The largest absolute Gasteiger partial charge is 1.00 e. The first-order valence-corrected chi connectivity index (χ1v) is 16.4. The molecule has 20 heteroatoms. The third kappa shape index (κ3) is 7.08. The summed E-state index contributed by atoms with van der Waals surface area (Å²) in [7, 11) is -10.3. The van der Waals surface area contributed by atoms with E-state index in [1.807, 2.05) is 0 Å². The number of nitrogens with one attached hydrogen (secondary N) is 1. The number of hydrogen-bond donors (Lipinski definition) is 3. The summed E-state index contributed by atoms with van der Waals surface area (Å²) in [5.74, 6) is -2.62. The summed E-state index contributed by atoms with van der Waals surface area (Å²) >= 11 is 11.8. The van der Waals surface area contributed by atoms with E-state index in [1.165, 1.54) is 45.0 Å². The summed E-state index contributed by atoms with van der Waals surface area (Å²) < 4.78 is 72.1. The third-order valence-corrected chi connectivity index (χ3v) is 9.76. The molecule has 0 aliphatic heterocycles. The van der Waals surface area contributed by atoms with Gasteiger partial charge in [-0.25, -0.2) is 8.42 Å². The van der Waals surface area contributed by atoms with Gasteiger partial charge in [0.25, 0.3) is 10.1 Å². The van der Waals surface area contributed by atoms with E-state index in [9.17, 15) is 40.6 Å². The number of hydrogen-bond acceptors (Lipinski definition) is 13. The fraction of sp³-hybridized carbons (Fsp3) is 0.107. The van der Waals surface area contributed by atoms with Crippen LogP contribution in [-0.2, 0) is 20.2 Å². The Morgan fingerprint density at radius 1 is 0.917 bits per heavy atom. The molecule has 0 atom stereocenters. The van der Waals surface area contributed by atoms with E-state index in [1.54, 1.807) is 0 Å². The average molecular weight is 751 g/mol. The van der Waals surface area contributed by atoms with Gasteiger partial charge in [0.15, 0.2) is 21.9 Å². The molecule has 0 spiro atoms. The van der Waals surface area contributed by atoms with E-state index >= 15 is 0 Å². The van der Waals surface area contributed by atoms with E-state index in [2.05, 4.69) is 20.5 Å². The molecule has 4 N–H and O–H groups in total. The number of fused-ring (bicyclic) bond motifs is 2. The van der Waals surface area contributed by atoms with Crippen LogP contribution in [0.25, 0.3) is 0 Å². The zero-order valence-corrected chi connectivity index (χ0v) is 32.8. The number of benzene rings is 3. The van der Waals surface area contributed by atoms with Gasteiger partial charge in [-0.05, 0) is 55.5 Å². The van der Waals surface area contributed by atoms with E-state index < -0.39 is 70.0 Å². The molecule has 4 aromatic rings. The molecular weight excluding hydrogens is 731 g/mol. The maximum absolute atomic E-state index is 13.7. The predicted molar refractivity (Wildman–Crippen MR) is 164 cm³/mol. The minimum absolute atomic E-state index is 0. The molecule has 3 aromatic carbocycles. The second kappa shape index (κ2) is 14.4. The number of rotatable bonds is 6. The molecule has 0 radical (unpaired) electrons. The van der Waals surface area contributed by atoms with Crippen molar-refractivity contribution in [3.8, 4) is 0 Å². The summed E-state index contributed by atoms with van der Waals surface area (Å²) in [6.07, 6.45) is 0. The van der Waals surface area contributed by atoms with Crippen molar-refractivity contribution >= 4 is 83.7 Å². The van der Waals surface area contributed by atoms with Gasteiger partial charge in [-0.1, -0.05) is 47.5 Å². The van der Waals surface area contributed by atoms with Crippen LogP contribution in [0.3, 0.4) is 0 Å². The maximum atomic E-state index is 13.7. The first-order chi connectivity index (χ1) is 21.3. The first kappa shape index (κ1) is 40.0. The van der Waals surface area contributed by atoms with Gasteiger partial charge >= 0.3 is 59.1 Å². The molecule has 0 saturated carbocycles. The smallest absolute Gasteiger partial charge is 0.858 e. The Balaban J connectivity index is 0.00000312. The minimum Gasteiger partial charge on any atom is -0.858 e. The summed E-state index contributed by atoms with van der Waals surface area (Å²) in [5, 5.41) is 22.4. The van der Waals surface area contributed by atoms with Crippen LogP contribution in [0.5, 0.6) is 0 Å². The van der Waals surface area contributed by atoms with Crippen molar-refractivity contribution in [2.45, 2.75) is 30.6 Å². The molecule has 1 aliphatic rings. The second-order valence-electron chi connectivity index (χ2n) is 10.1. The molecule has 1 aliphatic carbocycles. The number of halogens is 2. The molecule has 0 saturated heterocycles. The fourth-order valence-corrected chi connectivity index (χ4v) is 7.25. The van der Waals surface area contributed by atoms with E-state index in [-0.39, 0.29) is 114 Å². The Labute approximate surface area is 328 Å². The number of nitrogens with zero attached hydrogens (tertiary/aromatic N) is 3. The van der Waals surface area contributed by atoms with E-state index in [0.29, 0.717) is 0 Å². The molecule has 5 rings (SSSR count). The zero-order chi connectivity index (χ0) is 34.0. The van der Waals surface area contributed by atoms with E-state index in [0.717, 1.165) is 12.1 Å². The van der Waals surface area contributed by atoms with Gasteiger partial charge in [-0.15, -0.1) is 10.2 Å². The monoisotopic (exact) mass is 749 g/mol. The number of carbonyl (C=O) groups is 2. The number of ketones is 2. The van der Waals surface area contributed by atoms with Crippen LogP contribution in [0, 0.1) is 20.8 Å². The Hall–Kier alpha value is -2.45. The van der Waals surface area contributed by atoms with Crippen molar-refractivity contribution in [2.75, 3.05) is 11.1 Å². The minimum atomic E-state index is -5.33. The molecule has 48 heavy (non-hydrogen) atoms. The number of nitrogens with two attached hydrogens (primary N) is 1. The summed E-state index contributed by atoms with van der Waals surface area (Å²) in [6, 6.07) is 7.49. The summed E-state index contributed by atoms with van der Waals surface area (Å²) in [4.78, 5) is 29.6. The van der Waals surface area contributed by atoms with Gasteiger partial charge < -0.3 is 20.7 Å². The molecule has 0 fully saturated rings. The van der Waals surface area contributed by atoms with Crippen molar-refractivity contribution in [3.63, 3.8) is 0 Å². The molecule has 1 heterocycles. The van der Waals surface area contributed by atoms with Gasteiger partial charge in [0.05, 0.1) is 33.1 Å². The number of nitrogen functional groups attached to an aromatic ring is 1. The third-order valence-electron chi connectivity index (χ3n) is 7.29. The van der Waals surface area contributed by atoms with Crippen LogP contribution >= 0.6 is 23.2 Å². The molecule has 1 aromatic heterocycles. The summed E-state index contributed by atoms with van der Waals surface area (Å²) in [6.45, 7) is 3.95. The van der Waals surface area contributed by atoms with Crippen molar-refractivity contribution in [3.05, 3.63) is 91.2 Å². The number of aliphatic imine (C=N–C) groups is 1.